The molecule has 0 aliphatic heterocycles. The van der Waals surface area contributed by atoms with E-state index in [9.17, 15) is 43.8 Å². The zero-order valence-corrected chi connectivity index (χ0v) is 79.8. The molecular weight excluding hydrogens is 1750 g/mol. The molecule has 5 unspecified atom stereocenters. The molecule has 138 heavy (non-hydrogen) atoms. The van der Waals surface area contributed by atoms with Gasteiger partial charge in [0.1, 0.15) is 34.5 Å². The highest BCUT2D eigenvalue weighted by Crippen LogP contribution is 2.44. The highest BCUT2D eigenvalue weighted by molar-refractivity contribution is 6.11. The van der Waals surface area contributed by atoms with Crippen molar-refractivity contribution in [2.24, 2.45) is 0 Å². The third-order valence-corrected chi connectivity index (χ3v) is 23.8. The molecule has 4 aliphatic carbocycles. The second-order valence-electron chi connectivity index (χ2n) is 32.4. The van der Waals surface area contributed by atoms with E-state index in [1.165, 1.54) is 55.6 Å². The number of carboxylic acid groups (broad SMARTS) is 2. The first-order valence-electron chi connectivity index (χ1n) is 45.8. The van der Waals surface area contributed by atoms with Gasteiger partial charge in [0.2, 0.25) is 0 Å². The van der Waals surface area contributed by atoms with E-state index in [1.54, 1.807) is 110 Å². The Morgan fingerprint density at radius 2 is 0.833 bits per heavy atom. The molecule has 4 aliphatic rings. The van der Waals surface area contributed by atoms with E-state index in [1.807, 2.05) is 161 Å². The Bertz CT molecular complexity index is 6250. The number of rotatable bonds is 29. The Morgan fingerprint density at radius 1 is 0.384 bits per heavy atom. The van der Waals surface area contributed by atoms with Crippen molar-refractivity contribution in [3.05, 3.63) is 402 Å². The average molecular weight is 1860 g/mol. The number of aliphatic carboxylic acids is 2. The largest absolute Gasteiger partial charge is 0.497 e. The van der Waals surface area contributed by atoms with E-state index < -0.39 is 29.7 Å². The lowest BCUT2D eigenvalue weighted by molar-refractivity contribution is -0.193. The number of esters is 3. The van der Waals surface area contributed by atoms with Crippen LogP contribution in [0.3, 0.4) is 0 Å². The van der Waals surface area contributed by atoms with Crippen LogP contribution in [0.4, 0.5) is 0 Å². The maximum atomic E-state index is 13.1. The lowest BCUT2D eigenvalue weighted by Gasteiger charge is -2.17. The Hall–Kier alpha value is -15.6. The summed E-state index contributed by atoms with van der Waals surface area (Å²) < 4.78 is 47.0. The van der Waals surface area contributed by atoms with Gasteiger partial charge in [-0.3, -0.25) is 33.6 Å². The Balaban J connectivity index is 0.000000183. The SMILES string of the molecule is CCCC(C(=O)O)c1ccccc1C(=O)c1cccc(OC)c1.CCCC(C(=O)O)c1ccccc1Cc1cccc(OC)c1.CCOC(=O)CC1C(=O)c2ccc(OC)cc2Cc2ccccc21.CCOC(=O)CC1C=C(c2cccc(OC)c2)c2ccccc21.CCOC(=O)CC1Cc2ccc(OC)cc2Cc2ccccc21.COc1cccc(C2=CCc3ccccc32)c1.O=C=O.O=C=O. The highest BCUT2D eigenvalue weighted by atomic mass is 16.5. The van der Waals surface area contributed by atoms with Crippen LogP contribution >= 0.6 is 0 Å². The van der Waals surface area contributed by atoms with Crippen LogP contribution in [0.1, 0.15) is 230 Å². The molecule has 0 heterocycles. The smallest absolute Gasteiger partial charge is 0.373 e. The van der Waals surface area contributed by atoms with Crippen molar-refractivity contribution in [1.29, 1.82) is 0 Å². The Labute approximate surface area is 806 Å². The van der Waals surface area contributed by atoms with Crippen molar-refractivity contribution in [3.8, 4) is 34.5 Å². The second kappa shape index (κ2) is 55.3. The van der Waals surface area contributed by atoms with Crippen LogP contribution < -0.4 is 28.4 Å². The Morgan fingerprint density at radius 3 is 1.42 bits per heavy atom. The summed E-state index contributed by atoms with van der Waals surface area (Å²) in [6, 6.07) is 90.5. The summed E-state index contributed by atoms with van der Waals surface area (Å²) in [5, 5.41) is 19.0. The third kappa shape index (κ3) is 29.7. The number of carbonyl (C=O) groups excluding carboxylic acids is 9. The number of allylic oxidation sites excluding steroid dienone is 2. The van der Waals surface area contributed by atoms with Crippen LogP contribution in [0.25, 0.3) is 11.1 Å². The van der Waals surface area contributed by atoms with Crippen LogP contribution in [0.15, 0.2) is 291 Å². The fourth-order valence-electron chi connectivity index (χ4n) is 17.4. The van der Waals surface area contributed by atoms with E-state index >= 15 is 0 Å². The van der Waals surface area contributed by atoms with Gasteiger partial charge < -0.3 is 52.8 Å². The standard InChI is InChI=1S/C20H20O4.C20H20O3.C20H22O3.C19H20O4.C19H22O3.C16H14O.2CO2/c1-3-24-19(21)12-18-16-7-5-4-6-13(16)10-14-11-15(23-2)8-9-17(14)20(18)22;1-3-23-20(21)13-15-12-19(18-10-5-4-9-17(15)18)14-7-6-8-16(11-14)22-2;1-3-23-20(21)13-17-10-14-8-9-18(22-2)12-16(14)11-15-6-4-5-7-19(15)17;1-3-7-17(19(21)22)15-10-4-5-11-16(15)18(20)13-8-6-9-14(12-13)23-2;1-3-7-18(19(20)21)17-11-5-4-9-15(17)12-14-8-6-10-16(13-14)22-2;1-17-14-7-4-6-13(11-14)16-10-9-12-5-2-3-8-15(12)16;2*2-1-3/h4-9,11,18H,3,10,12H2,1-2H3;4-12,15H,3,13H2,1-2H3;4-9,12,17H,3,10-11,13H2,1-2H3;4-6,8-12,17H,3,7H2,1-2H3,(H,21,22);4-6,8-11,13,18H,3,7,12H2,1-2H3,(H,20,21);2-8,10-11H,9H2,1H3;;. The summed E-state index contributed by atoms with van der Waals surface area (Å²) in [7, 11) is 9.86. The summed E-state index contributed by atoms with van der Waals surface area (Å²) in [4.78, 5) is 117. The van der Waals surface area contributed by atoms with Crippen molar-refractivity contribution < 1.29 is 106 Å². The zero-order chi connectivity index (χ0) is 99.4. The summed E-state index contributed by atoms with van der Waals surface area (Å²) in [6.07, 6.45) is 12.7. The van der Waals surface area contributed by atoms with Crippen molar-refractivity contribution in [3.63, 3.8) is 0 Å². The molecule has 0 saturated heterocycles. The lowest BCUT2D eigenvalue weighted by Crippen LogP contribution is -2.18. The molecule has 714 valence electrons. The van der Waals surface area contributed by atoms with Crippen molar-refractivity contribution in [2.45, 2.75) is 141 Å². The normalized spacial score (nSPS) is 13.6. The Kier molecular flexibility index (Phi) is 42.5. The number of benzene rings is 12. The first kappa shape index (κ1) is 106. The van der Waals surface area contributed by atoms with Crippen LogP contribution in [0.5, 0.6) is 34.5 Å². The molecule has 5 atom stereocenters. The fourth-order valence-corrected chi connectivity index (χ4v) is 17.4. The summed E-state index contributed by atoms with van der Waals surface area (Å²) >= 11 is 0. The van der Waals surface area contributed by atoms with E-state index in [2.05, 4.69) is 97.1 Å². The van der Waals surface area contributed by atoms with Crippen molar-refractivity contribution in [1.82, 2.24) is 0 Å². The van der Waals surface area contributed by atoms with Gasteiger partial charge in [0.15, 0.2) is 11.6 Å². The number of fused-ring (bicyclic) bond motifs is 6. The molecule has 12 aromatic rings. The summed E-state index contributed by atoms with van der Waals surface area (Å²) in [5.41, 5.74) is 23.2. The number of carboxylic acids is 2. The fraction of sp³-hybridized carbons (Fsp3) is 0.267. The van der Waals surface area contributed by atoms with E-state index in [0.29, 0.717) is 86.3 Å². The number of ketones is 2. The van der Waals surface area contributed by atoms with Crippen molar-refractivity contribution in [2.75, 3.05) is 62.5 Å². The van der Waals surface area contributed by atoms with Gasteiger partial charge in [-0.2, -0.15) is 19.2 Å². The minimum atomic E-state index is -0.905. The monoisotopic (exact) mass is 1860 g/mol. The molecule has 12 aromatic carbocycles. The first-order chi connectivity index (χ1) is 67.0. The predicted octanol–water partition coefficient (Wildman–Crippen LogP) is 22.2. The number of carbonyl (C=O) groups is 7. The van der Waals surface area contributed by atoms with Crippen LogP contribution in [0, 0.1) is 0 Å². The van der Waals surface area contributed by atoms with Gasteiger partial charge in [0, 0.05) is 22.6 Å². The summed E-state index contributed by atoms with van der Waals surface area (Å²) in [5.74, 6) is 0.858. The maximum Gasteiger partial charge on any atom is 0.373 e. The topological polar surface area (TPSA) is 311 Å². The molecule has 0 fully saturated rings. The number of ether oxygens (including phenoxy) is 9. The molecule has 0 aromatic heterocycles. The molecule has 22 heteroatoms. The molecule has 0 saturated carbocycles. The highest BCUT2D eigenvalue weighted by Gasteiger charge is 2.34. The third-order valence-electron chi connectivity index (χ3n) is 23.8. The number of hydrogen-bond acceptors (Lipinski definition) is 20. The molecule has 0 amide bonds. The quantitative estimate of drug-likeness (QED) is 0.0250. The van der Waals surface area contributed by atoms with Gasteiger partial charge in [-0.15, -0.1) is 0 Å². The molecule has 22 nitrogen and oxygen atoms in total. The van der Waals surface area contributed by atoms with Gasteiger partial charge in [-0.1, -0.05) is 239 Å². The number of hydrogen-bond donors (Lipinski definition) is 2. The van der Waals surface area contributed by atoms with Gasteiger partial charge >= 0.3 is 42.1 Å². The molecule has 2 N–H and O–H groups in total. The van der Waals surface area contributed by atoms with Crippen molar-refractivity contribution >= 4 is 64.9 Å². The van der Waals surface area contributed by atoms with E-state index in [-0.39, 0.29) is 60.0 Å². The lowest BCUT2D eigenvalue weighted by atomic mass is 9.87. The van der Waals surface area contributed by atoms with Crippen LogP contribution in [-0.2, 0) is 89.5 Å². The molecule has 16 rings (SSSR count). The molecule has 0 bridgehead atoms. The summed E-state index contributed by atoms with van der Waals surface area (Å²) in [6.45, 7) is 10.6. The molecular formula is C116H118O22. The van der Waals surface area contributed by atoms with Gasteiger partial charge in [-0.05, 0) is 256 Å². The van der Waals surface area contributed by atoms with Gasteiger partial charge in [-0.25, -0.2) is 0 Å². The molecule has 0 radical (unpaired) electrons. The number of Topliss-reactive ketones (excluding diaryl/α,β-unsaturated/α-hetero) is 1. The minimum absolute atomic E-state index is 0.0364. The molecule has 0 spiro atoms. The second-order valence-corrected chi connectivity index (χ2v) is 32.4. The van der Waals surface area contributed by atoms with Gasteiger partial charge in [0.05, 0.1) is 99.5 Å². The zero-order valence-electron chi connectivity index (χ0n) is 79.8. The predicted molar refractivity (Wildman–Crippen MR) is 527 cm³/mol. The van der Waals surface area contributed by atoms with Crippen LogP contribution in [-0.4, -0.2) is 126 Å². The van der Waals surface area contributed by atoms with Crippen LogP contribution in [0.2, 0.25) is 0 Å². The number of methoxy groups -OCH3 is 6. The maximum absolute atomic E-state index is 13.1. The van der Waals surface area contributed by atoms with Gasteiger partial charge in [0.25, 0.3) is 0 Å². The minimum Gasteiger partial charge on any atom is -0.497 e. The van der Waals surface area contributed by atoms with E-state index in [0.717, 1.165) is 105 Å². The van der Waals surface area contributed by atoms with E-state index in [4.69, 9.17) is 61.8 Å². The first-order valence-corrected chi connectivity index (χ1v) is 45.8. The average Bonchev–Trinajstić information content (AvgIpc) is 1.61.